The zero-order valence-electron chi connectivity index (χ0n) is 11.9. The molecular weight excluding hydrogens is 324 g/mol. The summed E-state index contributed by atoms with van der Waals surface area (Å²) in [5.41, 5.74) is 2.08. The number of hydrogen-bond donors (Lipinski definition) is 3. The number of nitrogens with zero attached hydrogens (tertiary/aromatic N) is 2. The van der Waals surface area contributed by atoms with Crippen LogP contribution in [0.15, 0.2) is 41.8 Å². The molecule has 0 atom stereocenters. The van der Waals surface area contributed by atoms with Crippen LogP contribution in [0.4, 0.5) is 5.69 Å². The first-order valence-electron chi connectivity index (χ1n) is 6.39. The monoisotopic (exact) mass is 340 g/mol. The van der Waals surface area contributed by atoms with Crippen LogP contribution in [0.2, 0.25) is 0 Å². The molecule has 22 heavy (non-hydrogen) atoms. The third-order valence-corrected chi connectivity index (χ3v) is 4.06. The summed E-state index contributed by atoms with van der Waals surface area (Å²) in [6.45, 7) is 0.394. The Hall–Kier alpha value is -1.84. The van der Waals surface area contributed by atoms with Gasteiger partial charge >= 0.3 is 10.1 Å². The molecule has 0 bridgehead atoms. The summed E-state index contributed by atoms with van der Waals surface area (Å²) in [5.74, 6) is 0.701. The summed E-state index contributed by atoms with van der Waals surface area (Å²) < 4.78 is 31.9. The van der Waals surface area contributed by atoms with Crippen LogP contribution in [-0.4, -0.2) is 46.7 Å². The molecule has 1 aromatic carbocycles. The SMILES string of the molecule is CSCCNC(=Nc1ccc(-c2c[nH]cn2)cc1)S(=O)(=O)O. The molecule has 0 amide bonds. The fourth-order valence-electron chi connectivity index (χ4n) is 1.69. The summed E-state index contributed by atoms with van der Waals surface area (Å²) in [5, 5.41) is 2.18. The summed E-state index contributed by atoms with van der Waals surface area (Å²) in [4.78, 5) is 10.9. The maximum atomic E-state index is 11.3. The molecule has 0 unspecified atom stereocenters. The van der Waals surface area contributed by atoms with Gasteiger partial charge in [-0.15, -0.1) is 0 Å². The van der Waals surface area contributed by atoms with E-state index in [9.17, 15) is 13.0 Å². The highest BCUT2D eigenvalue weighted by molar-refractivity contribution is 8.01. The summed E-state index contributed by atoms with van der Waals surface area (Å²) in [6.07, 6.45) is 5.24. The largest absolute Gasteiger partial charge is 0.358 e. The van der Waals surface area contributed by atoms with Gasteiger partial charge in [0.15, 0.2) is 0 Å². The Kier molecular flexibility index (Phi) is 5.58. The van der Waals surface area contributed by atoms with E-state index in [0.29, 0.717) is 18.0 Å². The van der Waals surface area contributed by atoms with Gasteiger partial charge in [-0.25, -0.2) is 9.98 Å². The van der Waals surface area contributed by atoms with Gasteiger partial charge in [-0.1, -0.05) is 12.1 Å². The first kappa shape index (κ1) is 16.5. The summed E-state index contributed by atoms with van der Waals surface area (Å²) in [7, 11) is -4.38. The van der Waals surface area contributed by atoms with Crippen molar-refractivity contribution in [3.63, 3.8) is 0 Å². The normalized spacial score (nSPS) is 12.4. The summed E-state index contributed by atoms with van der Waals surface area (Å²) in [6, 6.07) is 6.87. The molecule has 1 heterocycles. The molecule has 0 aliphatic rings. The number of aromatic amines is 1. The van der Waals surface area contributed by atoms with Crippen LogP contribution in [0.3, 0.4) is 0 Å². The van der Waals surface area contributed by atoms with Crippen LogP contribution in [0.25, 0.3) is 11.3 Å². The van der Waals surface area contributed by atoms with Gasteiger partial charge in [0.2, 0.25) is 5.17 Å². The average molecular weight is 340 g/mol. The molecule has 0 radical (unpaired) electrons. The van der Waals surface area contributed by atoms with E-state index in [0.717, 1.165) is 11.3 Å². The Balaban J connectivity index is 2.20. The van der Waals surface area contributed by atoms with Crippen molar-refractivity contribution in [3.8, 4) is 11.3 Å². The van der Waals surface area contributed by atoms with E-state index in [-0.39, 0.29) is 0 Å². The van der Waals surface area contributed by atoms with Crippen molar-refractivity contribution in [2.24, 2.45) is 4.99 Å². The Morgan fingerprint density at radius 2 is 2.14 bits per heavy atom. The second kappa shape index (κ2) is 7.43. The van der Waals surface area contributed by atoms with Crippen molar-refractivity contribution >= 4 is 32.7 Å². The van der Waals surface area contributed by atoms with Crippen LogP contribution in [0, 0.1) is 0 Å². The fourth-order valence-corrected chi connectivity index (χ4v) is 2.50. The zero-order valence-corrected chi connectivity index (χ0v) is 13.5. The van der Waals surface area contributed by atoms with E-state index in [4.69, 9.17) is 0 Å². The number of benzene rings is 1. The lowest BCUT2D eigenvalue weighted by molar-refractivity contribution is 0.496. The zero-order chi connectivity index (χ0) is 16.0. The Bertz CT molecular complexity index is 725. The number of nitrogens with one attached hydrogen (secondary N) is 2. The molecular formula is C13H16N4O3S2. The molecule has 0 saturated heterocycles. The lowest BCUT2D eigenvalue weighted by Gasteiger charge is -2.06. The lowest BCUT2D eigenvalue weighted by Crippen LogP contribution is -2.32. The van der Waals surface area contributed by atoms with Crippen LogP contribution in [0.5, 0.6) is 0 Å². The van der Waals surface area contributed by atoms with Crippen molar-refractivity contribution in [2.75, 3.05) is 18.6 Å². The second-order valence-electron chi connectivity index (χ2n) is 4.31. The number of hydrogen-bond acceptors (Lipinski definition) is 5. The van der Waals surface area contributed by atoms with Gasteiger partial charge in [0.25, 0.3) is 0 Å². The van der Waals surface area contributed by atoms with E-state index < -0.39 is 15.3 Å². The van der Waals surface area contributed by atoms with Gasteiger partial charge < -0.3 is 10.3 Å². The van der Waals surface area contributed by atoms with Crippen molar-refractivity contribution < 1.29 is 13.0 Å². The number of aromatic nitrogens is 2. The van der Waals surface area contributed by atoms with E-state index in [1.165, 1.54) is 0 Å². The predicted octanol–water partition coefficient (Wildman–Crippen LogP) is 1.90. The Labute approximate surface area is 133 Å². The van der Waals surface area contributed by atoms with Crippen LogP contribution in [0.1, 0.15) is 0 Å². The van der Waals surface area contributed by atoms with Gasteiger partial charge in [0.05, 0.1) is 17.7 Å². The lowest BCUT2D eigenvalue weighted by atomic mass is 10.1. The van der Waals surface area contributed by atoms with E-state index in [1.54, 1.807) is 48.6 Å². The Morgan fingerprint density at radius 3 is 2.68 bits per heavy atom. The van der Waals surface area contributed by atoms with Gasteiger partial charge in [-0.2, -0.15) is 20.2 Å². The smallest absolute Gasteiger partial charge is 0.328 e. The van der Waals surface area contributed by atoms with Crippen molar-refractivity contribution in [2.45, 2.75) is 0 Å². The number of aliphatic imine (C=N–C) groups is 1. The molecule has 0 fully saturated rings. The number of rotatable bonds is 5. The van der Waals surface area contributed by atoms with Crippen LogP contribution < -0.4 is 5.32 Å². The minimum Gasteiger partial charge on any atom is -0.358 e. The number of imidazole rings is 1. The third kappa shape index (κ3) is 4.58. The minimum atomic E-state index is -4.38. The number of amidine groups is 1. The maximum Gasteiger partial charge on any atom is 0.328 e. The van der Waals surface area contributed by atoms with E-state index >= 15 is 0 Å². The molecule has 0 aliphatic carbocycles. The maximum absolute atomic E-state index is 11.3. The third-order valence-electron chi connectivity index (χ3n) is 2.72. The first-order chi connectivity index (χ1) is 10.5. The number of thioether (sulfide) groups is 1. The first-order valence-corrected chi connectivity index (χ1v) is 9.22. The topological polar surface area (TPSA) is 107 Å². The quantitative estimate of drug-likeness (QED) is 0.332. The minimum absolute atomic E-state index is 0.394. The van der Waals surface area contributed by atoms with E-state index in [2.05, 4.69) is 20.3 Å². The molecule has 2 rings (SSSR count). The standard InChI is InChI=1S/C13H16N4O3S2/c1-21-7-6-15-13(22(18,19)20)17-11-4-2-10(3-5-11)12-8-14-9-16-12/h2-5,8-9H,6-7H2,1H3,(H,14,16)(H,15,17)(H,18,19,20). The summed E-state index contributed by atoms with van der Waals surface area (Å²) >= 11 is 1.56. The molecule has 0 spiro atoms. The molecule has 7 nitrogen and oxygen atoms in total. The highest BCUT2D eigenvalue weighted by Gasteiger charge is 2.15. The van der Waals surface area contributed by atoms with Gasteiger partial charge in [-0.3, -0.25) is 4.55 Å². The molecule has 0 aliphatic heterocycles. The van der Waals surface area contributed by atoms with E-state index in [1.807, 2.05) is 6.26 Å². The van der Waals surface area contributed by atoms with Crippen molar-refractivity contribution in [3.05, 3.63) is 36.8 Å². The molecule has 118 valence electrons. The highest BCUT2D eigenvalue weighted by Crippen LogP contribution is 2.20. The fraction of sp³-hybridized carbons (Fsp3) is 0.231. The Morgan fingerprint density at radius 1 is 1.41 bits per heavy atom. The van der Waals surface area contributed by atoms with Gasteiger partial charge in [-0.05, 0) is 18.4 Å². The van der Waals surface area contributed by atoms with Crippen LogP contribution >= 0.6 is 11.8 Å². The predicted molar refractivity (Wildman–Crippen MR) is 89.1 cm³/mol. The van der Waals surface area contributed by atoms with Crippen molar-refractivity contribution in [1.82, 2.24) is 15.3 Å². The van der Waals surface area contributed by atoms with Crippen molar-refractivity contribution in [1.29, 1.82) is 0 Å². The van der Waals surface area contributed by atoms with Gasteiger partial charge in [0.1, 0.15) is 0 Å². The second-order valence-corrected chi connectivity index (χ2v) is 6.64. The molecule has 1 aromatic heterocycles. The number of H-pyrrole nitrogens is 1. The molecule has 3 N–H and O–H groups in total. The molecule has 0 saturated carbocycles. The van der Waals surface area contributed by atoms with Crippen LogP contribution in [-0.2, 0) is 10.1 Å². The molecule has 2 aromatic rings. The van der Waals surface area contributed by atoms with Gasteiger partial charge in [0, 0.05) is 24.1 Å². The molecule has 9 heteroatoms. The average Bonchev–Trinajstić information content (AvgIpc) is 3.00. The highest BCUT2D eigenvalue weighted by atomic mass is 32.2.